The Bertz CT molecular complexity index is 1070. The van der Waals surface area contributed by atoms with E-state index in [0.29, 0.717) is 22.8 Å². The average Bonchev–Trinajstić information content (AvgIpc) is 3.08. The normalized spacial score (nSPS) is 21.6. The number of aromatic amines is 1. The summed E-state index contributed by atoms with van der Waals surface area (Å²) < 4.78 is 12.6. The monoisotopic (exact) mass is 471 g/mol. The zero-order chi connectivity index (χ0) is 22.7. The zero-order valence-electron chi connectivity index (χ0n) is 16.9. The second kappa shape index (κ2) is 9.86. The number of H-pyrrole nitrogens is 1. The summed E-state index contributed by atoms with van der Waals surface area (Å²) in [5.41, 5.74) is -0.631. The number of benzene rings is 1. The molecule has 0 unspecified atom stereocenters. The maximum atomic E-state index is 12.4. The first-order valence-corrected chi connectivity index (χ1v) is 10.5. The summed E-state index contributed by atoms with van der Waals surface area (Å²) in [5, 5.41) is 13.7. The second-order valence-electron chi connectivity index (χ2n) is 7.19. The van der Waals surface area contributed by atoms with Gasteiger partial charge in [0.1, 0.15) is 18.1 Å². The molecule has 11 heteroatoms. The number of hydrogen-bond acceptors (Lipinski definition) is 6. The Labute approximate surface area is 187 Å². The van der Waals surface area contributed by atoms with Crippen LogP contribution in [0, 0.1) is 0 Å². The number of halogens is 2. The molecule has 1 aromatic heterocycles. The van der Waals surface area contributed by atoms with E-state index in [9.17, 15) is 19.5 Å². The van der Waals surface area contributed by atoms with Gasteiger partial charge in [0.05, 0.1) is 11.1 Å². The van der Waals surface area contributed by atoms with Gasteiger partial charge in [-0.1, -0.05) is 30.1 Å². The predicted molar refractivity (Wildman–Crippen MR) is 115 cm³/mol. The van der Waals surface area contributed by atoms with E-state index in [1.807, 2.05) is 0 Å². The highest BCUT2D eigenvalue weighted by Crippen LogP contribution is 2.29. The van der Waals surface area contributed by atoms with E-state index in [1.165, 1.54) is 16.8 Å². The molecule has 2 heterocycles. The van der Waals surface area contributed by atoms with Crippen molar-refractivity contribution >= 4 is 29.1 Å². The van der Waals surface area contributed by atoms with Gasteiger partial charge >= 0.3 is 5.69 Å². The summed E-state index contributed by atoms with van der Waals surface area (Å²) >= 11 is 11.9. The summed E-state index contributed by atoms with van der Waals surface area (Å²) in [6.07, 6.45) is -1.23. The summed E-state index contributed by atoms with van der Waals surface area (Å²) in [7, 11) is 0. The summed E-state index contributed by atoms with van der Waals surface area (Å²) in [4.78, 5) is 38.5. The van der Waals surface area contributed by atoms with E-state index >= 15 is 0 Å². The fourth-order valence-electron chi connectivity index (χ4n) is 3.22. The number of aliphatic hydroxyl groups excluding tert-OH is 1. The number of nitrogens with one attached hydrogen (secondary N) is 2. The number of nitrogens with zero attached hydrogens (tertiary/aromatic N) is 1. The molecular formula is C20H23Cl2N3O6. The highest BCUT2D eigenvalue weighted by atomic mass is 35.5. The Morgan fingerprint density at radius 1 is 1.42 bits per heavy atom. The summed E-state index contributed by atoms with van der Waals surface area (Å²) in [5.74, 6) is -0.116. The Hall–Kier alpha value is -2.33. The summed E-state index contributed by atoms with van der Waals surface area (Å²) in [6.45, 7) is 3.36. The number of aliphatic hydroxyl groups is 1. The molecule has 0 saturated carbocycles. The number of hydrogen-bond donors (Lipinski definition) is 3. The van der Waals surface area contributed by atoms with E-state index in [1.54, 1.807) is 26.0 Å². The van der Waals surface area contributed by atoms with E-state index in [4.69, 9.17) is 32.7 Å². The van der Waals surface area contributed by atoms with Crippen LogP contribution in [0.4, 0.5) is 0 Å². The number of amides is 1. The standard InChI is InChI=1S/C20H23Cl2N3O6/c1-3-11-9-25(20(29)24-19(11)28)17-7-14(26)16(31-17)8-23-18(27)10(2)30-15-5-4-12(21)6-13(15)22/h4-6,9-10,14,16-17,26H,3,7-8H2,1-2H3,(H,23,27)(H,24,28,29)/t10-,14+,16-,17-/m1/s1. The molecule has 1 aliphatic rings. The molecule has 1 amide bonds. The van der Waals surface area contributed by atoms with Crippen LogP contribution in [0.3, 0.4) is 0 Å². The predicted octanol–water partition coefficient (Wildman–Crippen LogP) is 1.64. The lowest BCUT2D eigenvalue weighted by atomic mass is 10.1. The van der Waals surface area contributed by atoms with Crippen molar-refractivity contribution in [2.75, 3.05) is 6.54 Å². The molecule has 31 heavy (non-hydrogen) atoms. The molecule has 168 valence electrons. The van der Waals surface area contributed by atoms with Crippen molar-refractivity contribution in [2.45, 2.75) is 51.2 Å². The maximum Gasteiger partial charge on any atom is 0.330 e. The lowest BCUT2D eigenvalue weighted by Gasteiger charge is -2.19. The first-order chi connectivity index (χ1) is 14.7. The number of rotatable bonds is 7. The van der Waals surface area contributed by atoms with Gasteiger partial charge in [-0.15, -0.1) is 0 Å². The third-order valence-corrected chi connectivity index (χ3v) is 5.51. The Morgan fingerprint density at radius 3 is 2.84 bits per heavy atom. The molecule has 1 saturated heterocycles. The number of carbonyl (C=O) groups is 1. The SMILES string of the molecule is CCc1cn([C@H]2C[C@H](O)[C@@H](CNC(=O)[C@@H](C)Oc3ccc(Cl)cc3Cl)O2)c(=O)[nH]c1=O. The molecule has 0 spiro atoms. The topological polar surface area (TPSA) is 123 Å². The molecule has 0 radical (unpaired) electrons. The van der Waals surface area contributed by atoms with Gasteiger partial charge in [0, 0.05) is 29.7 Å². The first-order valence-electron chi connectivity index (χ1n) is 9.76. The van der Waals surface area contributed by atoms with Crippen molar-refractivity contribution in [1.29, 1.82) is 0 Å². The van der Waals surface area contributed by atoms with Crippen molar-refractivity contribution in [3.05, 3.63) is 60.8 Å². The minimum Gasteiger partial charge on any atom is -0.479 e. The Balaban J connectivity index is 1.59. The van der Waals surface area contributed by atoms with Crippen LogP contribution in [0.25, 0.3) is 0 Å². The fourth-order valence-corrected chi connectivity index (χ4v) is 3.68. The van der Waals surface area contributed by atoms with Crippen LogP contribution in [0.5, 0.6) is 5.75 Å². The van der Waals surface area contributed by atoms with Crippen LogP contribution in [0.1, 0.15) is 32.1 Å². The van der Waals surface area contributed by atoms with E-state index in [2.05, 4.69) is 10.3 Å². The van der Waals surface area contributed by atoms with Crippen LogP contribution in [-0.2, 0) is 16.0 Å². The molecule has 1 aromatic carbocycles. The molecular weight excluding hydrogens is 449 g/mol. The minimum atomic E-state index is -0.906. The highest BCUT2D eigenvalue weighted by molar-refractivity contribution is 6.35. The molecule has 2 aromatic rings. The molecule has 0 bridgehead atoms. The van der Waals surface area contributed by atoms with Crippen LogP contribution < -0.4 is 21.3 Å². The maximum absolute atomic E-state index is 12.4. The van der Waals surface area contributed by atoms with Gasteiger partial charge < -0.3 is 19.9 Å². The smallest absolute Gasteiger partial charge is 0.330 e. The molecule has 9 nitrogen and oxygen atoms in total. The number of aryl methyl sites for hydroxylation is 1. The van der Waals surface area contributed by atoms with Crippen molar-refractivity contribution in [1.82, 2.24) is 14.9 Å². The van der Waals surface area contributed by atoms with E-state index in [0.717, 1.165) is 0 Å². The Kier molecular flexibility index (Phi) is 7.42. The molecule has 1 aliphatic heterocycles. The van der Waals surface area contributed by atoms with Crippen molar-refractivity contribution < 1.29 is 19.4 Å². The lowest BCUT2D eigenvalue weighted by Crippen LogP contribution is -2.42. The van der Waals surface area contributed by atoms with Gasteiger partial charge in [0.15, 0.2) is 6.10 Å². The third-order valence-electron chi connectivity index (χ3n) is 4.98. The number of aromatic nitrogens is 2. The van der Waals surface area contributed by atoms with Crippen molar-refractivity contribution in [2.24, 2.45) is 0 Å². The zero-order valence-corrected chi connectivity index (χ0v) is 18.4. The molecule has 4 atom stereocenters. The van der Waals surface area contributed by atoms with Gasteiger partial charge in [0.2, 0.25) is 0 Å². The van der Waals surface area contributed by atoms with E-state index in [-0.39, 0.29) is 18.0 Å². The molecule has 3 N–H and O–H groups in total. The lowest BCUT2D eigenvalue weighted by molar-refractivity contribution is -0.128. The average molecular weight is 472 g/mol. The minimum absolute atomic E-state index is 0.0112. The third kappa shape index (κ3) is 5.48. The van der Waals surface area contributed by atoms with Crippen LogP contribution in [0.2, 0.25) is 10.0 Å². The van der Waals surface area contributed by atoms with Gasteiger partial charge in [-0.2, -0.15) is 0 Å². The number of carbonyl (C=O) groups excluding carboxylic acids is 1. The van der Waals surface area contributed by atoms with Crippen molar-refractivity contribution in [3.63, 3.8) is 0 Å². The number of ether oxygens (including phenoxy) is 2. The van der Waals surface area contributed by atoms with Crippen molar-refractivity contribution in [3.8, 4) is 5.75 Å². The Morgan fingerprint density at radius 2 is 2.16 bits per heavy atom. The molecule has 0 aliphatic carbocycles. The van der Waals surface area contributed by atoms with Crippen LogP contribution in [-0.4, -0.2) is 45.4 Å². The first kappa shape index (κ1) is 23.3. The van der Waals surface area contributed by atoms with E-state index < -0.39 is 41.7 Å². The fraction of sp³-hybridized carbons (Fsp3) is 0.450. The summed E-state index contributed by atoms with van der Waals surface area (Å²) in [6, 6.07) is 4.67. The van der Waals surface area contributed by atoms with Crippen LogP contribution in [0.15, 0.2) is 34.0 Å². The highest BCUT2D eigenvalue weighted by Gasteiger charge is 2.36. The second-order valence-corrected chi connectivity index (χ2v) is 8.03. The quantitative estimate of drug-likeness (QED) is 0.563. The van der Waals surface area contributed by atoms with Gasteiger partial charge in [-0.25, -0.2) is 4.79 Å². The van der Waals surface area contributed by atoms with Gasteiger partial charge in [0.25, 0.3) is 11.5 Å². The molecule has 3 rings (SSSR count). The van der Waals surface area contributed by atoms with Gasteiger partial charge in [-0.3, -0.25) is 19.1 Å². The van der Waals surface area contributed by atoms with Crippen LogP contribution >= 0.6 is 23.2 Å². The molecule has 1 fully saturated rings. The van der Waals surface area contributed by atoms with Gasteiger partial charge in [-0.05, 0) is 31.5 Å². The largest absolute Gasteiger partial charge is 0.479 e.